The number of aromatic nitrogens is 2. The van der Waals surface area contributed by atoms with E-state index in [0.717, 1.165) is 5.69 Å². The highest BCUT2D eigenvalue weighted by molar-refractivity contribution is 7.61. The Hall–Kier alpha value is -1.79. The first-order valence-electron chi connectivity index (χ1n) is 9.00. The third-order valence-electron chi connectivity index (χ3n) is 3.78. The van der Waals surface area contributed by atoms with Gasteiger partial charge in [0.05, 0.1) is 23.5 Å². The Balaban J connectivity index is 2.40. The second-order valence-electron chi connectivity index (χ2n) is 6.87. The fourth-order valence-corrected chi connectivity index (χ4v) is 4.57. The molecule has 1 aromatic heterocycles. The Kier molecular flexibility index (Phi) is 7.34. The minimum absolute atomic E-state index is 0.0887. The second-order valence-corrected chi connectivity index (χ2v) is 9.44. The molecule has 0 bridgehead atoms. The maximum atomic E-state index is 13.1. The minimum atomic E-state index is -3.68. The van der Waals surface area contributed by atoms with Crippen molar-refractivity contribution in [3.63, 3.8) is 0 Å². The summed E-state index contributed by atoms with van der Waals surface area (Å²) in [5, 5.41) is 2.98. The predicted octanol–water partition coefficient (Wildman–Crippen LogP) is 4.98. The molecule has 1 N–H and O–H groups in total. The van der Waals surface area contributed by atoms with Gasteiger partial charge < -0.3 is 14.4 Å². The molecule has 0 radical (unpaired) electrons. The van der Waals surface area contributed by atoms with E-state index in [2.05, 4.69) is 5.32 Å². The van der Waals surface area contributed by atoms with Gasteiger partial charge in [-0.1, -0.05) is 29.8 Å². The zero-order valence-electron chi connectivity index (χ0n) is 17.0. The van der Waals surface area contributed by atoms with Crippen LogP contribution >= 0.6 is 19.2 Å². The first-order valence-corrected chi connectivity index (χ1v) is 10.9. The summed E-state index contributed by atoms with van der Waals surface area (Å²) in [6.07, 6.45) is 0.679. The van der Waals surface area contributed by atoms with Crippen molar-refractivity contribution in [1.29, 1.82) is 0 Å². The number of rotatable bonds is 8. The van der Waals surface area contributed by atoms with Gasteiger partial charge >= 0.3 is 7.60 Å². The van der Waals surface area contributed by atoms with Gasteiger partial charge in [-0.3, -0.25) is 14.0 Å². The van der Waals surface area contributed by atoms with Crippen LogP contribution in [-0.4, -0.2) is 21.6 Å². The molecular formula is C19H27ClN3O4P. The molecule has 0 saturated carbocycles. The summed E-state index contributed by atoms with van der Waals surface area (Å²) < 4.78 is 27.1. The summed E-state index contributed by atoms with van der Waals surface area (Å²) in [7, 11) is -1.93. The number of halogens is 1. The van der Waals surface area contributed by atoms with E-state index in [1.54, 1.807) is 46.3 Å². The van der Waals surface area contributed by atoms with Crippen LogP contribution in [0.15, 0.2) is 46.1 Å². The highest BCUT2D eigenvalue weighted by atomic mass is 35.5. The Morgan fingerprint density at radius 1 is 1.14 bits per heavy atom. The molecule has 0 fully saturated rings. The monoisotopic (exact) mass is 427 g/mol. The first kappa shape index (κ1) is 22.5. The van der Waals surface area contributed by atoms with Crippen molar-refractivity contribution in [3.8, 4) is 5.69 Å². The van der Waals surface area contributed by atoms with Crippen molar-refractivity contribution >= 4 is 25.0 Å². The highest BCUT2D eigenvalue weighted by Crippen LogP contribution is 2.59. The summed E-state index contributed by atoms with van der Waals surface area (Å²) in [6.45, 7) is 8.72. The van der Waals surface area contributed by atoms with E-state index in [0.29, 0.717) is 11.4 Å². The van der Waals surface area contributed by atoms with E-state index >= 15 is 0 Å². The van der Waals surface area contributed by atoms with Crippen molar-refractivity contribution in [3.05, 3.63) is 57.2 Å². The van der Waals surface area contributed by atoms with Crippen LogP contribution in [-0.2, 0) is 20.7 Å². The Morgan fingerprint density at radius 3 is 2.18 bits per heavy atom. The predicted molar refractivity (Wildman–Crippen MR) is 113 cm³/mol. The zero-order chi connectivity index (χ0) is 21.1. The van der Waals surface area contributed by atoms with Gasteiger partial charge in [0.15, 0.2) is 0 Å². The van der Waals surface area contributed by atoms with Gasteiger partial charge in [0.2, 0.25) is 0 Å². The SMILES string of the molecule is Cc1c(N/C=C(/Cl)P(=O)(OC(C)C)OC(C)C)n(C)n(-c2ccccc2)c1=O. The number of nitrogens with one attached hydrogen (secondary N) is 1. The van der Waals surface area contributed by atoms with Crippen molar-refractivity contribution in [1.82, 2.24) is 9.36 Å². The number of hydrogen-bond donors (Lipinski definition) is 1. The average molecular weight is 428 g/mol. The number of para-hydroxylation sites is 1. The Labute approximate surface area is 170 Å². The van der Waals surface area contributed by atoms with Crippen LogP contribution in [0, 0.1) is 6.92 Å². The van der Waals surface area contributed by atoms with Crippen LogP contribution in [0.1, 0.15) is 33.3 Å². The lowest BCUT2D eigenvalue weighted by Gasteiger charge is -2.22. The Bertz CT molecular complexity index is 934. The van der Waals surface area contributed by atoms with Gasteiger partial charge in [-0.15, -0.1) is 0 Å². The van der Waals surface area contributed by atoms with Gasteiger partial charge in [-0.2, -0.15) is 0 Å². The molecular weight excluding hydrogens is 401 g/mol. The standard InChI is InChI=1S/C19H27ClN3O4P/c1-13(2)26-28(25,27-14(3)4)17(20)12-21-18-15(5)19(24)23(22(18)6)16-10-8-7-9-11-16/h7-14,21H,1-6H3/b17-12-. The normalized spacial score (nSPS) is 12.8. The summed E-state index contributed by atoms with van der Waals surface area (Å²) in [4.78, 5) is 12.7. The molecule has 0 aliphatic rings. The smallest absolute Gasteiger partial charge is 0.345 e. The molecule has 0 amide bonds. The highest BCUT2D eigenvalue weighted by Gasteiger charge is 2.32. The van der Waals surface area contributed by atoms with Crippen LogP contribution in [0.5, 0.6) is 0 Å². The molecule has 9 heteroatoms. The molecule has 154 valence electrons. The minimum Gasteiger partial charge on any atom is -0.345 e. The fraction of sp³-hybridized carbons (Fsp3) is 0.421. The lowest BCUT2D eigenvalue weighted by Crippen LogP contribution is -2.20. The third kappa shape index (κ3) is 4.97. The van der Waals surface area contributed by atoms with E-state index in [9.17, 15) is 9.36 Å². The van der Waals surface area contributed by atoms with Crippen LogP contribution in [0.3, 0.4) is 0 Å². The molecule has 0 saturated heterocycles. The maximum absolute atomic E-state index is 13.1. The lowest BCUT2D eigenvalue weighted by atomic mass is 10.3. The second kappa shape index (κ2) is 9.14. The molecule has 0 aliphatic heterocycles. The molecule has 2 aromatic rings. The molecule has 28 heavy (non-hydrogen) atoms. The molecule has 1 heterocycles. The average Bonchev–Trinajstić information content (AvgIpc) is 2.81. The van der Waals surface area contributed by atoms with Gasteiger partial charge in [0.25, 0.3) is 5.56 Å². The van der Waals surface area contributed by atoms with Gasteiger partial charge in [0, 0.05) is 13.2 Å². The first-order chi connectivity index (χ1) is 13.1. The van der Waals surface area contributed by atoms with Crippen LogP contribution in [0.2, 0.25) is 0 Å². The van der Waals surface area contributed by atoms with Gasteiger partial charge in [0.1, 0.15) is 10.6 Å². The topological polar surface area (TPSA) is 74.5 Å². The lowest BCUT2D eigenvalue weighted by molar-refractivity contribution is 0.148. The van der Waals surface area contributed by atoms with Crippen LogP contribution in [0.25, 0.3) is 5.69 Å². The van der Waals surface area contributed by atoms with Crippen molar-refractivity contribution in [2.24, 2.45) is 7.05 Å². The molecule has 0 aliphatic carbocycles. The van der Waals surface area contributed by atoms with E-state index in [4.69, 9.17) is 20.6 Å². The number of nitrogens with zero attached hydrogens (tertiary/aromatic N) is 2. The molecule has 0 spiro atoms. The summed E-state index contributed by atoms with van der Waals surface area (Å²) in [5.41, 5.74) is 1.07. The van der Waals surface area contributed by atoms with E-state index in [1.165, 1.54) is 10.9 Å². The molecule has 0 atom stereocenters. The van der Waals surface area contributed by atoms with Crippen molar-refractivity contribution in [2.45, 2.75) is 46.8 Å². The number of anilines is 1. The van der Waals surface area contributed by atoms with E-state index < -0.39 is 7.60 Å². The van der Waals surface area contributed by atoms with Gasteiger partial charge in [-0.05, 0) is 46.8 Å². The number of benzene rings is 1. The van der Waals surface area contributed by atoms with Crippen LogP contribution < -0.4 is 10.9 Å². The van der Waals surface area contributed by atoms with Gasteiger partial charge in [-0.25, -0.2) is 4.68 Å². The summed E-state index contributed by atoms with van der Waals surface area (Å²) in [6, 6.07) is 9.28. The largest absolute Gasteiger partial charge is 0.374 e. The van der Waals surface area contributed by atoms with E-state index in [-0.39, 0.29) is 22.5 Å². The molecule has 2 rings (SSSR count). The number of hydrogen-bond acceptors (Lipinski definition) is 5. The molecule has 1 aromatic carbocycles. The van der Waals surface area contributed by atoms with Crippen molar-refractivity contribution < 1.29 is 13.6 Å². The Morgan fingerprint density at radius 2 is 1.68 bits per heavy atom. The third-order valence-corrected chi connectivity index (χ3v) is 6.56. The van der Waals surface area contributed by atoms with Crippen LogP contribution in [0.4, 0.5) is 5.82 Å². The quantitative estimate of drug-likeness (QED) is 0.601. The fourth-order valence-electron chi connectivity index (χ4n) is 2.69. The zero-order valence-corrected chi connectivity index (χ0v) is 18.6. The van der Waals surface area contributed by atoms with E-state index in [1.807, 2.05) is 30.3 Å². The molecule has 0 unspecified atom stereocenters. The molecule has 7 nitrogen and oxygen atoms in total. The maximum Gasteiger partial charge on any atom is 0.374 e. The summed E-state index contributed by atoms with van der Waals surface area (Å²) >= 11 is 6.29. The van der Waals surface area contributed by atoms with Crippen molar-refractivity contribution in [2.75, 3.05) is 5.32 Å². The summed E-state index contributed by atoms with van der Waals surface area (Å²) in [5.74, 6) is 0.521.